The SMILES string of the molecule is CC(C)(C)n1nc(C2CC2)cc1NC(=O)NC1CCN(c2ncccc2Cl)C1. The van der Waals surface area contributed by atoms with Crippen LogP contribution in [0.2, 0.25) is 5.02 Å². The van der Waals surface area contributed by atoms with E-state index in [9.17, 15) is 4.79 Å². The molecule has 3 heterocycles. The van der Waals surface area contributed by atoms with E-state index in [0.29, 0.717) is 17.5 Å². The third-order valence-corrected chi connectivity index (χ3v) is 5.46. The second-order valence-corrected chi connectivity index (χ2v) is 9.06. The van der Waals surface area contributed by atoms with Crippen molar-refractivity contribution in [3.05, 3.63) is 35.1 Å². The molecule has 2 aromatic rings. The zero-order valence-corrected chi connectivity index (χ0v) is 17.3. The van der Waals surface area contributed by atoms with Gasteiger partial charge in [-0.15, -0.1) is 0 Å². The van der Waals surface area contributed by atoms with Crippen LogP contribution in [0.15, 0.2) is 24.4 Å². The molecule has 2 N–H and O–H groups in total. The molecule has 8 heteroatoms. The molecule has 7 nitrogen and oxygen atoms in total. The van der Waals surface area contributed by atoms with Crippen molar-refractivity contribution >= 4 is 29.3 Å². The van der Waals surface area contributed by atoms with Gasteiger partial charge in [0.05, 0.1) is 16.3 Å². The molecule has 4 rings (SSSR count). The standard InChI is InChI=1S/C20H27ClN6O/c1-20(2,3)27-17(11-16(25-27)13-6-7-13)24-19(28)23-14-8-10-26(12-14)18-15(21)5-4-9-22-18/h4-5,9,11,13-14H,6-8,10,12H2,1-3H3,(H2,23,24,28). The molecule has 2 aliphatic rings. The smallest absolute Gasteiger partial charge is 0.320 e. The minimum absolute atomic E-state index is 0.0481. The van der Waals surface area contributed by atoms with Gasteiger partial charge in [-0.3, -0.25) is 5.32 Å². The van der Waals surface area contributed by atoms with E-state index in [0.717, 1.165) is 30.3 Å². The van der Waals surface area contributed by atoms with E-state index in [1.54, 1.807) is 6.20 Å². The average molecular weight is 403 g/mol. The Balaban J connectivity index is 1.39. The summed E-state index contributed by atoms with van der Waals surface area (Å²) in [6, 6.07) is 5.51. The summed E-state index contributed by atoms with van der Waals surface area (Å²) < 4.78 is 1.91. The number of pyridine rings is 1. The molecule has 150 valence electrons. The second kappa shape index (κ2) is 7.28. The molecule has 1 aliphatic carbocycles. The topological polar surface area (TPSA) is 75.1 Å². The van der Waals surface area contributed by atoms with Crippen LogP contribution in [0.5, 0.6) is 0 Å². The lowest BCUT2D eigenvalue weighted by Gasteiger charge is -2.23. The van der Waals surface area contributed by atoms with Gasteiger partial charge in [-0.1, -0.05) is 11.6 Å². The Morgan fingerprint density at radius 2 is 2.07 bits per heavy atom. The molecule has 1 aliphatic heterocycles. The van der Waals surface area contributed by atoms with Crippen molar-refractivity contribution in [3.8, 4) is 0 Å². The maximum Gasteiger partial charge on any atom is 0.320 e. The first-order valence-electron chi connectivity index (χ1n) is 9.84. The van der Waals surface area contributed by atoms with Gasteiger partial charge in [-0.2, -0.15) is 5.10 Å². The molecule has 0 bridgehead atoms. The summed E-state index contributed by atoms with van der Waals surface area (Å²) in [6.45, 7) is 7.77. The van der Waals surface area contributed by atoms with E-state index in [1.165, 1.54) is 12.8 Å². The average Bonchev–Trinajstić information content (AvgIpc) is 3.22. The molecule has 2 aromatic heterocycles. The van der Waals surface area contributed by atoms with Gasteiger partial charge in [0.25, 0.3) is 0 Å². The summed E-state index contributed by atoms with van der Waals surface area (Å²) in [5.41, 5.74) is 0.873. The van der Waals surface area contributed by atoms with Crippen molar-refractivity contribution < 1.29 is 4.79 Å². The number of anilines is 2. The summed E-state index contributed by atoms with van der Waals surface area (Å²) in [4.78, 5) is 19.1. The first-order chi connectivity index (χ1) is 13.3. The maximum absolute atomic E-state index is 12.6. The van der Waals surface area contributed by atoms with Crippen LogP contribution in [0.3, 0.4) is 0 Å². The van der Waals surface area contributed by atoms with Crippen molar-refractivity contribution in [2.24, 2.45) is 0 Å². The monoisotopic (exact) mass is 402 g/mol. The Morgan fingerprint density at radius 1 is 1.29 bits per heavy atom. The van der Waals surface area contributed by atoms with Gasteiger partial charge in [-0.25, -0.2) is 14.5 Å². The number of rotatable bonds is 4. The zero-order valence-electron chi connectivity index (χ0n) is 16.6. The Morgan fingerprint density at radius 3 is 2.75 bits per heavy atom. The summed E-state index contributed by atoms with van der Waals surface area (Å²) in [7, 11) is 0. The Hall–Kier alpha value is -2.28. The molecular formula is C20H27ClN6O. The lowest BCUT2D eigenvalue weighted by atomic mass is 10.1. The van der Waals surface area contributed by atoms with Gasteiger partial charge in [0.2, 0.25) is 0 Å². The van der Waals surface area contributed by atoms with Gasteiger partial charge < -0.3 is 10.2 Å². The van der Waals surface area contributed by atoms with Crippen molar-refractivity contribution in [1.82, 2.24) is 20.1 Å². The predicted octanol–water partition coefficient (Wildman–Crippen LogP) is 3.96. The Kier molecular flexibility index (Phi) is 4.95. The molecule has 2 amide bonds. The van der Waals surface area contributed by atoms with Crippen LogP contribution in [-0.4, -0.2) is 39.9 Å². The summed E-state index contributed by atoms with van der Waals surface area (Å²) in [5, 5.41) is 11.4. The number of hydrogen-bond acceptors (Lipinski definition) is 4. The number of amides is 2. The third-order valence-electron chi connectivity index (χ3n) is 5.16. The molecule has 0 spiro atoms. The van der Waals surface area contributed by atoms with Crippen LogP contribution in [0.1, 0.15) is 51.6 Å². The van der Waals surface area contributed by atoms with E-state index >= 15 is 0 Å². The normalized spacial score (nSPS) is 19.7. The molecule has 1 unspecified atom stereocenters. The van der Waals surface area contributed by atoms with Crippen LogP contribution in [0.4, 0.5) is 16.4 Å². The van der Waals surface area contributed by atoms with E-state index in [4.69, 9.17) is 16.7 Å². The molecular weight excluding hydrogens is 376 g/mol. The highest BCUT2D eigenvalue weighted by atomic mass is 35.5. The van der Waals surface area contributed by atoms with Gasteiger partial charge in [0, 0.05) is 37.3 Å². The molecule has 1 atom stereocenters. The van der Waals surface area contributed by atoms with E-state index in [1.807, 2.05) is 22.9 Å². The summed E-state index contributed by atoms with van der Waals surface area (Å²) in [6.07, 6.45) is 4.95. The van der Waals surface area contributed by atoms with E-state index in [-0.39, 0.29) is 17.6 Å². The van der Waals surface area contributed by atoms with Crippen molar-refractivity contribution in [1.29, 1.82) is 0 Å². The highest BCUT2D eigenvalue weighted by molar-refractivity contribution is 6.32. The van der Waals surface area contributed by atoms with Gasteiger partial charge in [-0.05, 0) is 52.2 Å². The van der Waals surface area contributed by atoms with Crippen LogP contribution in [-0.2, 0) is 5.54 Å². The number of aromatic nitrogens is 3. The first-order valence-corrected chi connectivity index (χ1v) is 10.2. The van der Waals surface area contributed by atoms with Crippen molar-refractivity contribution in [3.63, 3.8) is 0 Å². The molecule has 0 aromatic carbocycles. The second-order valence-electron chi connectivity index (χ2n) is 8.65. The van der Waals surface area contributed by atoms with Crippen molar-refractivity contribution in [2.75, 3.05) is 23.3 Å². The highest BCUT2D eigenvalue weighted by Gasteiger charge is 2.31. The summed E-state index contributed by atoms with van der Waals surface area (Å²) >= 11 is 6.24. The quantitative estimate of drug-likeness (QED) is 0.811. The Labute approximate surface area is 170 Å². The van der Waals surface area contributed by atoms with Gasteiger partial charge >= 0.3 is 6.03 Å². The Bertz CT molecular complexity index is 870. The van der Waals surface area contributed by atoms with Crippen molar-refractivity contribution in [2.45, 2.75) is 57.5 Å². The number of nitrogens with zero attached hydrogens (tertiary/aromatic N) is 4. The molecule has 1 saturated carbocycles. The fourth-order valence-corrected chi connectivity index (χ4v) is 3.84. The number of urea groups is 1. The van der Waals surface area contributed by atoms with Crippen LogP contribution >= 0.6 is 11.6 Å². The maximum atomic E-state index is 12.6. The molecule has 28 heavy (non-hydrogen) atoms. The fourth-order valence-electron chi connectivity index (χ4n) is 3.60. The van der Waals surface area contributed by atoms with Gasteiger partial charge in [0.1, 0.15) is 11.6 Å². The van der Waals surface area contributed by atoms with E-state index < -0.39 is 0 Å². The van der Waals surface area contributed by atoms with E-state index in [2.05, 4.69) is 41.3 Å². The molecule has 0 radical (unpaired) electrons. The number of hydrogen-bond donors (Lipinski definition) is 2. The first kappa shape index (κ1) is 19.1. The number of nitrogens with one attached hydrogen (secondary N) is 2. The number of carbonyl (C=O) groups excluding carboxylic acids is 1. The summed E-state index contributed by atoms with van der Waals surface area (Å²) in [5.74, 6) is 2.06. The number of halogens is 1. The fraction of sp³-hybridized carbons (Fsp3) is 0.550. The lowest BCUT2D eigenvalue weighted by molar-refractivity contribution is 0.248. The van der Waals surface area contributed by atoms with Crippen LogP contribution in [0.25, 0.3) is 0 Å². The van der Waals surface area contributed by atoms with Crippen LogP contribution in [0, 0.1) is 0 Å². The zero-order chi connectivity index (χ0) is 19.9. The molecule has 1 saturated heterocycles. The minimum atomic E-state index is -0.202. The molecule has 2 fully saturated rings. The lowest BCUT2D eigenvalue weighted by Crippen LogP contribution is -2.40. The van der Waals surface area contributed by atoms with Gasteiger partial charge in [0.15, 0.2) is 0 Å². The predicted molar refractivity (Wildman–Crippen MR) is 111 cm³/mol. The van der Waals surface area contributed by atoms with Crippen LogP contribution < -0.4 is 15.5 Å². The largest absolute Gasteiger partial charge is 0.353 e. The number of carbonyl (C=O) groups is 1. The highest BCUT2D eigenvalue weighted by Crippen LogP contribution is 2.40. The minimum Gasteiger partial charge on any atom is -0.353 e. The third kappa shape index (κ3) is 4.09.